The van der Waals surface area contributed by atoms with E-state index >= 15 is 0 Å². The molecule has 0 spiro atoms. The summed E-state index contributed by atoms with van der Waals surface area (Å²) in [6, 6.07) is 9.35. The third-order valence-corrected chi connectivity index (χ3v) is 2.45. The molecule has 86 valence electrons. The highest BCUT2D eigenvalue weighted by Gasteiger charge is 2.19. The Bertz CT molecular complexity index is 544. The average Bonchev–Trinajstić information content (AvgIpc) is 2.74. The molecule has 0 aliphatic rings. The van der Waals surface area contributed by atoms with Crippen molar-refractivity contribution >= 4 is 5.97 Å². The minimum Gasteiger partial charge on any atom is -0.476 e. The van der Waals surface area contributed by atoms with Gasteiger partial charge in [0.25, 0.3) is 0 Å². The highest BCUT2D eigenvalue weighted by molar-refractivity contribution is 5.94. The smallest absolute Gasteiger partial charge is 0.357 e. The number of aromatic nitrogens is 2. The number of carbonyl (C=O) groups is 1. The van der Waals surface area contributed by atoms with Crippen molar-refractivity contribution in [2.24, 2.45) is 0 Å². The van der Waals surface area contributed by atoms with Gasteiger partial charge in [0.1, 0.15) is 0 Å². The predicted molar refractivity (Wildman–Crippen MR) is 64.9 cm³/mol. The fourth-order valence-electron chi connectivity index (χ4n) is 1.74. The minimum absolute atomic E-state index is 0.0491. The summed E-state index contributed by atoms with van der Waals surface area (Å²) in [5.74, 6) is -1.03. The Labute approximate surface area is 98.6 Å². The number of aromatic carboxylic acids is 1. The van der Waals surface area contributed by atoms with Gasteiger partial charge in [-0.15, -0.1) is 6.58 Å². The fourth-order valence-corrected chi connectivity index (χ4v) is 1.74. The molecular formula is C13H12N2O2. The molecule has 0 aliphatic carbocycles. The molecule has 0 saturated heterocycles. The molecule has 17 heavy (non-hydrogen) atoms. The highest BCUT2D eigenvalue weighted by atomic mass is 16.4. The number of aromatic amines is 1. The van der Waals surface area contributed by atoms with Crippen molar-refractivity contribution in [3.8, 4) is 11.1 Å². The van der Waals surface area contributed by atoms with Crippen LogP contribution in [0.25, 0.3) is 11.1 Å². The number of rotatable bonds is 4. The van der Waals surface area contributed by atoms with Crippen LogP contribution in [0.3, 0.4) is 0 Å². The van der Waals surface area contributed by atoms with E-state index in [-0.39, 0.29) is 5.69 Å². The van der Waals surface area contributed by atoms with Crippen LogP contribution in [0.5, 0.6) is 0 Å². The molecule has 0 fully saturated rings. The quantitative estimate of drug-likeness (QED) is 0.790. The number of nitrogens with zero attached hydrogens (tertiary/aromatic N) is 1. The summed E-state index contributed by atoms with van der Waals surface area (Å²) in [7, 11) is 0. The molecule has 1 aromatic carbocycles. The fraction of sp³-hybridized carbons (Fsp3) is 0.0769. The monoisotopic (exact) mass is 228 g/mol. The van der Waals surface area contributed by atoms with E-state index in [1.54, 1.807) is 6.08 Å². The molecule has 4 heteroatoms. The number of nitrogens with one attached hydrogen (secondary N) is 1. The van der Waals surface area contributed by atoms with Crippen LogP contribution >= 0.6 is 0 Å². The topological polar surface area (TPSA) is 66.0 Å². The van der Waals surface area contributed by atoms with Crippen molar-refractivity contribution < 1.29 is 9.90 Å². The second-order valence-corrected chi connectivity index (χ2v) is 3.59. The van der Waals surface area contributed by atoms with Crippen molar-refractivity contribution in [3.05, 3.63) is 54.4 Å². The van der Waals surface area contributed by atoms with Gasteiger partial charge in [0.05, 0.1) is 0 Å². The third-order valence-electron chi connectivity index (χ3n) is 2.45. The number of H-pyrrole nitrogens is 1. The second kappa shape index (κ2) is 4.65. The Hall–Kier alpha value is -2.36. The number of hydrogen-bond donors (Lipinski definition) is 2. The van der Waals surface area contributed by atoms with E-state index in [1.165, 1.54) is 0 Å². The SMILES string of the molecule is C=CCc1[nH]nc(C(=O)O)c1-c1ccccc1. The van der Waals surface area contributed by atoms with Crippen LogP contribution < -0.4 is 0 Å². The zero-order chi connectivity index (χ0) is 12.3. The van der Waals surface area contributed by atoms with Crippen LogP contribution in [0.1, 0.15) is 16.2 Å². The molecule has 0 radical (unpaired) electrons. The van der Waals surface area contributed by atoms with E-state index in [0.29, 0.717) is 12.0 Å². The van der Waals surface area contributed by atoms with Crippen molar-refractivity contribution in [2.75, 3.05) is 0 Å². The van der Waals surface area contributed by atoms with Gasteiger partial charge in [-0.3, -0.25) is 5.10 Å². The van der Waals surface area contributed by atoms with Gasteiger partial charge in [-0.1, -0.05) is 36.4 Å². The Morgan fingerprint density at radius 3 is 2.71 bits per heavy atom. The lowest BCUT2D eigenvalue weighted by Crippen LogP contribution is -1.99. The summed E-state index contributed by atoms with van der Waals surface area (Å²) in [6.45, 7) is 3.65. The average molecular weight is 228 g/mol. The molecule has 1 heterocycles. The summed E-state index contributed by atoms with van der Waals surface area (Å²) in [5, 5.41) is 15.7. The normalized spacial score (nSPS) is 10.1. The van der Waals surface area contributed by atoms with E-state index < -0.39 is 5.97 Å². The lowest BCUT2D eigenvalue weighted by atomic mass is 10.0. The van der Waals surface area contributed by atoms with E-state index in [9.17, 15) is 4.79 Å². The van der Waals surface area contributed by atoms with Crippen molar-refractivity contribution in [1.82, 2.24) is 10.2 Å². The lowest BCUT2D eigenvalue weighted by Gasteiger charge is -2.02. The molecule has 2 aromatic rings. The molecular weight excluding hydrogens is 216 g/mol. The van der Waals surface area contributed by atoms with Gasteiger partial charge < -0.3 is 5.11 Å². The highest BCUT2D eigenvalue weighted by Crippen LogP contribution is 2.26. The van der Waals surface area contributed by atoms with Crippen LogP contribution in [0, 0.1) is 0 Å². The number of benzene rings is 1. The molecule has 0 atom stereocenters. The summed E-state index contributed by atoms with van der Waals surface area (Å²) in [5.41, 5.74) is 2.30. The molecule has 0 bridgehead atoms. The molecule has 2 N–H and O–H groups in total. The van der Waals surface area contributed by atoms with Crippen molar-refractivity contribution in [2.45, 2.75) is 6.42 Å². The lowest BCUT2D eigenvalue weighted by molar-refractivity contribution is 0.0691. The van der Waals surface area contributed by atoms with E-state index in [1.807, 2.05) is 30.3 Å². The summed E-state index contributed by atoms with van der Waals surface area (Å²) < 4.78 is 0. The first-order chi connectivity index (χ1) is 8.24. The van der Waals surface area contributed by atoms with Crippen LogP contribution in [0.15, 0.2) is 43.0 Å². The summed E-state index contributed by atoms with van der Waals surface area (Å²) in [4.78, 5) is 11.1. The van der Waals surface area contributed by atoms with Crippen molar-refractivity contribution in [3.63, 3.8) is 0 Å². The molecule has 0 amide bonds. The van der Waals surface area contributed by atoms with Crippen molar-refractivity contribution in [1.29, 1.82) is 0 Å². The van der Waals surface area contributed by atoms with Gasteiger partial charge >= 0.3 is 5.97 Å². The molecule has 0 unspecified atom stereocenters. The zero-order valence-corrected chi connectivity index (χ0v) is 9.18. The van der Waals surface area contributed by atoms with E-state index in [2.05, 4.69) is 16.8 Å². The van der Waals surface area contributed by atoms with Gasteiger partial charge in [-0.05, 0) is 5.56 Å². The minimum atomic E-state index is -1.03. The van der Waals surface area contributed by atoms with Gasteiger partial charge in [-0.2, -0.15) is 5.10 Å². The number of carboxylic acids is 1. The van der Waals surface area contributed by atoms with Gasteiger partial charge in [0, 0.05) is 17.7 Å². The van der Waals surface area contributed by atoms with Crippen LogP contribution in [0.4, 0.5) is 0 Å². The predicted octanol–water partition coefficient (Wildman–Crippen LogP) is 2.50. The third kappa shape index (κ3) is 2.10. The number of allylic oxidation sites excluding steroid dienone is 1. The Morgan fingerprint density at radius 1 is 1.41 bits per heavy atom. The van der Waals surface area contributed by atoms with Crippen LogP contribution in [-0.4, -0.2) is 21.3 Å². The number of hydrogen-bond acceptors (Lipinski definition) is 2. The standard InChI is InChI=1S/C13H12N2O2/c1-2-6-10-11(9-7-4-3-5-8-9)12(13(16)17)15-14-10/h2-5,7-8H,1,6H2,(H,14,15)(H,16,17). The van der Waals surface area contributed by atoms with E-state index in [0.717, 1.165) is 11.3 Å². The zero-order valence-electron chi connectivity index (χ0n) is 9.18. The molecule has 4 nitrogen and oxygen atoms in total. The largest absolute Gasteiger partial charge is 0.476 e. The Kier molecular flexibility index (Phi) is 3.05. The molecule has 1 aromatic heterocycles. The first kappa shape index (κ1) is 11.1. The molecule has 0 aliphatic heterocycles. The first-order valence-corrected chi connectivity index (χ1v) is 5.21. The molecule has 2 rings (SSSR count). The summed E-state index contributed by atoms with van der Waals surface area (Å²) in [6.07, 6.45) is 2.27. The second-order valence-electron chi connectivity index (χ2n) is 3.59. The Balaban J connectivity index is 2.60. The number of carboxylic acid groups (broad SMARTS) is 1. The maximum Gasteiger partial charge on any atom is 0.357 e. The first-order valence-electron chi connectivity index (χ1n) is 5.21. The Morgan fingerprint density at radius 2 is 2.12 bits per heavy atom. The maximum atomic E-state index is 11.1. The van der Waals surface area contributed by atoms with Gasteiger partial charge in [-0.25, -0.2) is 4.79 Å². The van der Waals surface area contributed by atoms with Crippen LogP contribution in [0.2, 0.25) is 0 Å². The van der Waals surface area contributed by atoms with Gasteiger partial charge in [0.2, 0.25) is 0 Å². The summed E-state index contributed by atoms with van der Waals surface area (Å²) >= 11 is 0. The van der Waals surface area contributed by atoms with E-state index in [4.69, 9.17) is 5.11 Å². The van der Waals surface area contributed by atoms with Crippen LogP contribution in [-0.2, 0) is 6.42 Å². The molecule has 0 saturated carbocycles. The maximum absolute atomic E-state index is 11.1. The van der Waals surface area contributed by atoms with Gasteiger partial charge in [0.15, 0.2) is 5.69 Å².